The summed E-state index contributed by atoms with van der Waals surface area (Å²) in [5, 5.41) is 4.96. The molecule has 0 atom stereocenters. The zero-order chi connectivity index (χ0) is 37.2. The third kappa shape index (κ3) is 4.89. The number of nitrogens with zero attached hydrogens (tertiary/aromatic N) is 2. The van der Waals surface area contributed by atoms with E-state index in [-0.39, 0.29) is 5.41 Å². The Morgan fingerprint density at radius 1 is 0.393 bits per heavy atom. The van der Waals surface area contributed by atoms with Crippen LogP contribution < -0.4 is 4.90 Å². The summed E-state index contributed by atoms with van der Waals surface area (Å²) in [7, 11) is 0. The van der Waals surface area contributed by atoms with Gasteiger partial charge in [0.15, 0.2) is 0 Å². The molecule has 0 amide bonds. The number of rotatable bonds is 6. The number of fused-ring (bicyclic) bond motifs is 7. The second-order valence-electron chi connectivity index (χ2n) is 15.1. The highest BCUT2D eigenvalue weighted by Gasteiger charge is 2.42. The largest absolute Gasteiger partial charge is 0.310 e. The molecule has 1 aliphatic rings. The van der Waals surface area contributed by atoms with Crippen LogP contribution in [0.15, 0.2) is 212 Å². The highest BCUT2D eigenvalue weighted by molar-refractivity contribution is 6.10. The van der Waals surface area contributed by atoms with Crippen LogP contribution in [-0.2, 0) is 5.41 Å². The lowest BCUT2D eigenvalue weighted by molar-refractivity contribution is 0.714. The molecule has 0 bridgehead atoms. The summed E-state index contributed by atoms with van der Waals surface area (Å²) < 4.78 is 2.37. The van der Waals surface area contributed by atoms with Crippen LogP contribution in [0.3, 0.4) is 0 Å². The molecule has 0 N–H and O–H groups in total. The third-order valence-electron chi connectivity index (χ3n) is 12.0. The lowest BCUT2D eigenvalue weighted by Crippen LogP contribution is -2.25. The van der Waals surface area contributed by atoms with Crippen molar-refractivity contribution in [2.75, 3.05) is 4.90 Å². The average molecular weight is 715 g/mol. The van der Waals surface area contributed by atoms with Gasteiger partial charge in [-0.25, -0.2) is 0 Å². The first-order valence-electron chi connectivity index (χ1n) is 19.4. The molecule has 0 fully saturated rings. The molecule has 1 heterocycles. The zero-order valence-corrected chi connectivity index (χ0v) is 31.1. The molecule has 56 heavy (non-hydrogen) atoms. The highest BCUT2D eigenvalue weighted by Crippen LogP contribution is 2.55. The van der Waals surface area contributed by atoms with Crippen molar-refractivity contribution in [3.8, 4) is 27.9 Å². The van der Waals surface area contributed by atoms with Crippen molar-refractivity contribution < 1.29 is 0 Å². The molecule has 1 aromatic heterocycles. The molecule has 9 aromatic carbocycles. The summed E-state index contributed by atoms with van der Waals surface area (Å²) in [4.78, 5) is 2.46. The molecule has 0 aliphatic heterocycles. The van der Waals surface area contributed by atoms with E-state index >= 15 is 0 Å². The van der Waals surface area contributed by atoms with Crippen LogP contribution in [0, 0.1) is 0 Å². The number of hydrogen-bond acceptors (Lipinski definition) is 1. The fraction of sp³-hybridized carbons (Fsp3) is 0.0370. The van der Waals surface area contributed by atoms with Crippen molar-refractivity contribution in [3.05, 3.63) is 229 Å². The molecule has 0 saturated heterocycles. The maximum Gasteiger partial charge on any atom is 0.0541 e. The Bertz CT molecular complexity index is 3050. The molecular formula is C54H38N2. The Kier molecular flexibility index (Phi) is 7.33. The van der Waals surface area contributed by atoms with E-state index in [2.05, 4.69) is 229 Å². The molecule has 0 unspecified atom stereocenters. The Hall–Kier alpha value is -7.16. The summed E-state index contributed by atoms with van der Waals surface area (Å²) in [5.74, 6) is 0. The molecule has 2 nitrogen and oxygen atoms in total. The Balaban J connectivity index is 1.07. The molecule has 264 valence electrons. The molecule has 0 spiro atoms. The fourth-order valence-corrected chi connectivity index (χ4v) is 9.39. The van der Waals surface area contributed by atoms with Gasteiger partial charge in [-0.05, 0) is 117 Å². The molecule has 11 rings (SSSR count). The minimum absolute atomic E-state index is 0.354. The predicted octanol–water partition coefficient (Wildman–Crippen LogP) is 14.4. The van der Waals surface area contributed by atoms with Gasteiger partial charge in [0.2, 0.25) is 0 Å². The van der Waals surface area contributed by atoms with Crippen LogP contribution in [0.2, 0.25) is 0 Å². The lowest BCUT2D eigenvalue weighted by Gasteiger charge is -2.35. The molecule has 0 saturated carbocycles. The van der Waals surface area contributed by atoms with Crippen molar-refractivity contribution in [1.82, 2.24) is 4.57 Å². The van der Waals surface area contributed by atoms with Crippen molar-refractivity contribution in [2.24, 2.45) is 0 Å². The van der Waals surface area contributed by atoms with E-state index in [4.69, 9.17) is 0 Å². The minimum Gasteiger partial charge on any atom is -0.310 e. The maximum atomic E-state index is 2.46. The van der Waals surface area contributed by atoms with E-state index in [1.807, 2.05) is 0 Å². The normalized spacial score (nSPS) is 12.9. The monoisotopic (exact) mass is 714 g/mol. The van der Waals surface area contributed by atoms with Crippen molar-refractivity contribution in [2.45, 2.75) is 12.3 Å². The van der Waals surface area contributed by atoms with E-state index in [0.29, 0.717) is 0 Å². The van der Waals surface area contributed by atoms with E-state index < -0.39 is 0 Å². The quantitative estimate of drug-likeness (QED) is 0.166. The van der Waals surface area contributed by atoms with E-state index in [1.54, 1.807) is 0 Å². The topological polar surface area (TPSA) is 8.17 Å². The first-order valence-corrected chi connectivity index (χ1v) is 19.4. The first-order chi connectivity index (χ1) is 27.7. The molecule has 2 heteroatoms. The number of anilines is 3. The fourth-order valence-electron chi connectivity index (χ4n) is 9.39. The molecule has 1 aliphatic carbocycles. The summed E-state index contributed by atoms with van der Waals surface area (Å²) in [6, 6.07) is 77.8. The van der Waals surface area contributed by atoms with Gasteiger partial charge in [0.1, 0.15) is 0 Å². The van der Waals surface area contributed by atoms with E-state index in [0.717, 1.165) is 11.4 Å². The van der Waals surface area contributed by atoms with Gasteiger partial charge >= 0.3 is 0 Å². The Labute approximate surface area is 327 Å². The lowest BCUT2D eigenvalue weighted by atomic mass is 9.73. The van der Waals surface area contributed by atoms with Crippen LogP contribution in [0.5, 0.6) is 0 Å². The maximum absolute atomic E-state index is 2.46. The summed E-state index contributed by atoms with van der Waals surface area (Å²) in [5.41, 5.74) is 15.6. The van der Waals surface area contributed by atoms with Gasteiger partial charge in [0.05, 0.1) is 16.7 Å². The SMILES string of the molecule is CC1(c2ccccc2N(c2ccc(-c3ccc4c(c3)c3ccccc3n4-c3ccccc3)cc2)c2ccc3ccccc3c2)c2ccccc2-c2ccccc21. The number of para-hydroxylation sites is 3. The summed E-state index contributed by atoms with van der Waals surface area (Å²) in [6.45, 7) is 2.41. The van der Waals surface area contributed by atoms with Gasteiger partial charge in [-0.15, -0.1) is 0 Å². The zero-order valence-electron chi connectivity index (χ0n) is 31.1. The highest BCUT2D eigenvalue weighted by atomic mass is 15.1. The summed E-state index contributed by atoms with van der Waals surface area (Å²) in [6.07, 6.45) is 0. The van der Waals surface area contributed by atoms with Crippen molar-refractivity contribution in [1.29, 1.82) is 0 Å². The van der Waals surface area contributed by atoms with Crippen LogP contribution >= 0.6 is 0 Å². The van der Waals surface area contributed by atoms with Gasteiger partial charge in [-0.2, -0.15) is 0 Å². The Morgan fingerprint density at radius 3 is 1.73 bits per heavy atom. The van der Waals surface area contributed by atoms with Crippen LogP contribution in [-0.4, -0.2) is 4.57 Å². The van der Waals surface area contributed by atoms with E-state index in [9.17, 15) is 0 Å². The van der Waals surface area contributed by atoms with Gasteiger partial charge in [0.25, 0.3) is 0 Å². The van der Waals surface area contributed by atoms with Crippen molar-refractivity contribution in [3.63, 3.8) is 0 Å². The number of aromatic nitrogens is 1. The van der Waals surface area contributed by atoms with Crippen LogP contribution in [0.4, 0.5) is 17.1 Å². The second kappa shape index (κ2) is 12.7. The van der Waals surface area contributed by atoms with Gasteiger partial charge < -0.3 is 9.47 Å². The molecular weight excluding hydrogens is 677 g/mol. The Morgan fingerprint density at radius 2 is 0.964 bits per heavy atom. The van der Waals surface area contributed by atoms with E-state index in [1.165, 1.54) is 82.9 Å². The van der Waals surface area contributed by atoms with Crippen LogP contribution in [0.25, 0.3) is 60.5 Å². The van der Waals surface area contributed by atoms with Gasteiger partial charge in [-0.1, -0.05) is 152 Å². The predicted molar refractivity (Wildman–Crippen MR) is 236 cm³/mol. The minimum atomic E-state index is -0.354. The third-order valence-corrected chi connectivity index (χ3v) is 12.0. The second-order valence-corrected chi connectivity index (χ2v) is 15.1. The first kappa shape index (κ1) is 32.3. The standard InChI is InChI=1S/C54H38N2/c1-54(48-22-10-7-19-44(48)45-20-8-11-23-49(45)54)50-24-12-14-26-53(50)55(43-33-29-37-15-5-6-16-39(37)35-43)42-31-27-38(28-32-42)40-30-34-52-47(36-40)46-21-9-13-25-51(46)56(52)41-17-3-2-4-18-41/h2-36H,1H3. The number of hydrogen-bond donors (Lipinski definition) is 0. The molecule has 10 aromatic rings. The smallest absolute Gasteiger partial charge is 0.0541 e. The van der Waals surface area contributed by atoms with Gasteiger partial charge in [-0.3, -0.25) is 0 Å². The van der Waals surface area contributed by atoms with Gasteiger partial charge in [0, 0.05) is 33.2 Å². The van der Waals surface area contributed by atoms with Crippen molar-refractivity contribution >= 4 is 49.6 Å². The average Bonchev–Trinajstić information content (AvgIpc) is 3.74. The number of benzene rings is 9. The van der Waals surface area contributed by atoms with Crippen LogP contribution in [0.1, 0.15) is 23.6 Å². The summed E-state index contributed by atoms with van der Waals surface area (Å²) >= 11 is 0. The molecule has 0 radical (unpaired) electrons.